The van der Waals surface area contributed by atoms with Crippen LogP contribution in [0.1, 0.15) is 39.0 Å². The molecular formula is C10H22N2. The first-order valence-electron chi connectivity index (χ1n) is 5.27. The molecule has 0 saturated heterocycles. The summed E-state index contributed by atoms with van der Waals surface area (Å²) >= 11 is 0. The molecule has 1 fully saturated rings. The molecule has 0 atom stereocenters. The molecule has 0 unspecified atom stereocenters. The van der Waals surface area contributed by atoms with Crippen molar-refractivity contribution in [2.24, 2.45) is 0 Å². The van der Waals surface area contributed by atoms with Gasteiger partial charge in [0.2, 0.25) is 0 Å². The van der Waals surface area contributed by atoms with Crippen molar-refractivity contribution in [2.45, 2.75) is 51.1 Å². The second-order valence-electron chi connectivity index (χ2n) is 3.79. The van der Waals surface area contributed by atoms with Crippen molar-refractivity contribution in [3.05, 3.63) is 0 Å². The fourth-order valence-electron chi connectivity index (χ4n) is 1.93. The Morgan fingerprint density at radius 2 is 1.67 bits per heavy atom. The second-order valence-corrected chi connectivity index (χ2v) is 3.79. The molecule has 72 valence electrons. The van der Waals surface area contributed by atoms with Crippen LogP contribution in [0.5, 0.6) is 0 Å². The normalized spacial score (nSPS) is 30.5. The van der Waals surface area contributed by atoms with E-state index in [2.05, 4.69) is 24.6 Å². The van der Waals surface area contributed by atoms with Crippen molar-refractivity contribution in [3.8, 4) is 0 Å². The largest absolute Gasteiger partial charge is 0.317 e. The van der Waals surface area contributed by atoms with E-state index in [1.165, 1.54) is 38.6 Å². The molecule has 12 heavy (non-hydrogen) atoms. The first-order chi connectivity index (χ1) is 5.86. The average Bonchev–Trinajstić information content (AvgIpc) is 2.15. The summed E-state index contributed by atoms with van der Waals surface area (Å²) in [5.74, 6) is 0. The summed E-state index contributed by atoms with van der Waals surface area (Å²) < 4.78 is 0. The molecule has 0 aromatic rings. The van der Waals surface area contributed by atoms with Gasteiger partial charge in [-0.2, -0.15) is 0 Å². The smallest absolute Gasteiger partial charge is 0.00682 e. The predicted octanol–water partition coefficient (Wildman–Crippen LogP) is 1.52. The van der Waals surface area contributed by atoms with Crippen molar-refractivity contribution in [1.82, 2.24) is 10.6 Å². The molecule has 1 aliphatic carbocycles. The van der Waals surface area contributed by atoms with Crippen molar-refractivity contribution < 1.29 is 0 Å². The number of hydrogen-bond acceptors (Lipinski definition) is 2. The Balaban J connectivity index is 2.09. The zero-order valence-corrected chi connectivity index (χ0v) is 8.40. The van der Waals surface area contributed by atoms with Gasteiger partial charge in [0.25, 0.3) is 0 Å². The Morgan fingerprint density at radius 3 is 2.17 bits per heavy atom. The maximum atomic E-state index is 3.59. The van der Waals surface area contributed by atoms with E-state index in [0.29, 0.717) is 0 Å². The Bertz CT molecular complexity index is 106. The number of nitrogens with one attached hydrogen (secondary N) is 2. The van der Waals surface area contributed by atoms with Crippen molar-refractivity contribution >= 4 is 0 Å². The highest BCUT2D eigenvalue weighted by atomic mass is 14.9. The molecule has 2 N–H and O–H groups in total. The van der Waals surface area contributed by atoms with Gasteiger partial charge < -0.3 is 10.6 Å². The maximum Gasteiger partial charge on any atom is 0.00682 e. The molecule has 0 aromatic heterocycles. The van der Waals surface area contributed by atoms with Gasteiger partial charge in [0, 0.05) is 12.1 Å². The SMILES string of the molecule is CCCNC1CCC(NC)CC1. The number of rotatable bonds is 4. The van der Waals surface area contributed by atoms with Crippen LogP contribution in [0, 0.1) is 0 Å². The third-order valence-electron chi connectivity index (χ3n) is 2.82. The van der Waals surface area contributed by atoms with Crippen LogP contribution in [-0.2, 0) is 0 Å². The molecule has 0 spiro atoms. The lowest BCUT2D eigenvalue weighted by atomic mass is 9.91. The quantitative estimate of drug-likeness (QED) is 0.668. The highest BCUT2D eigenvalue weighted by Gasteiger charge is 2.18. The molecule has 0 heterocycles. The highest BCUT2D eigenvalue weighted by Crippen LogP contribution is 2.17. The third kappa shape index (κ3) is 3.11. The van der Waals surface area contributed by atoms with Crippen LogP contribution in [-0.4, -0.2) is 25.7 Å². The molecule has 0 aromatic carbocycles. The third-order valence-corrected chi connectivity index (χ3v) is 2.82. The molecule has 0 radical (unpaired) electrons. The van der Waals surface area contributed by atoms with E-state index in [4.69, 9.17) is 0 Å². The van der Waals surface area contributed by atoms with Crippen LogP contribution in [0.15, 0.2) is 0 Å². The minimum atomic E-state index is 0.782. The fourth-order valence-corrected chi connectivity index (χ4v) is 1.93. The molecule has 2 nitrogen and oxygen atoms in total. The van der Waals surface area contributed by atoms with Crippen molar-refractivity contribution in [2.75, 3.05) is 13.6 Å². The van der Waals surface area contributed by atoms with Gasteiger partial charge in [-0.25, -0.2) is 0 Å². The molecular weight excluding hydrogens is 148 g/mol. The van der Waals surface area contributed by atoms with Crippen LogP contribution in [0.25, 0.3) is 0 Å². The van der Waals surface area contributed by atoms with Gasteiger partial charge in [-0.3, -0.25) is 0 Å². The lowest BCUT2D eigenvalue weighted by molar-refractivity contribution is 0.319. The summed E-state index contributed by atoms with van der Waals surface area (Å²) in [7, 11) is 2.07. The highest BCUT2D eigenvalue weighted by molar-refractivity contribution is 4.79. The molecule has 0 aliphatic heterocycles. The summed E-state index contributed by atoms with van der Waals surface area (Å²) in [5, 5.41) is 6.94. The van der Waals surface area contributed by atoms with Gasteiger partial charge in [-0.05, 0) is 45.7 Å². The Labute approximate surface area is 76.1 Å². The molecule has 0 bridgehead atoms. The summed E-state index contributed by atoms with van der Waals surface area (Å²) in [6, 6.07) is 1.58. The molecule has 1 saturated carbocycles. The van der Waals surface area contributed by atoms with Gasteiger partial charge in [0.1, 0.15) is 0 Å². The summed E-state index contributed by atoms with van der Waals surface area (Å²) in [4.78, 5) is 0. The van der Waals surface area contributed by atoms with Crippen molar-refractivity contribution in [1.29, 1.82) is 0 Å². The first kappa shape index (κ1) is 10.0. The minimum Gasteiger partial charge on any atom is -0.317 e. The van der Waals surface area contributed by atoms with E-state index in [-0.39, 0.29) is 0 Å². The van der Waals surface area contributed by atoms with Gasteiger partial charge in [-0.15, -0.1) is 0 Å². The zero-order chi connectivity index (χ0) is 8.81. The van der Waals surface area contributed by atoms with Gasteiger partial charge in [0.15, 0.2) is 0 Å². The van der Waals surface area contributed by atoms with Gasteiger partial charge >= 0.3 is 0 Å². The molecule has 1 rings (SSSR count). The van der Waals surface area contributed by atoms with Crippen molar-refractivity contribution in [3.63, 3.8) is 0 Å². The predicted molar refractivity (Wildman–Crippen MR) is 53.4 cm³/mol. The lowest BCUT2D eigenvalue weighted by Crippen LogP contribution is -2.38. The Kier molecular flexibility index (Phi) is 4.62. The maximum absolute atomic E-state index is 3.59. The van der Waals surface area contributed by atoms with Gasteiger partial charge in [-0.1, -0.05) is 6.92 Å². The standard InChI is InChI=1S/C10H22N2/c1-3-8-12-10-6-4-9(11-2)5-7-10/h9-12H,3-8H2,1-2H3. The van der Waals surface area contributed by atoms with E-state index in [0.717, 1.165) is 12.1 Å². The van der Waals surface area contributed by atoms with Crippen LogP contribution < -0.4 is 10.6 Å². The first-order valence-corrected chi connectivity index (χ1v) is 5.27. The molecule has 0 amide bonds. The van der Waals surface area contributed by atoms with E-state index < -0.39 is 0 Å². The van der Waals surface area contributed by atoms with Crippen LogP contribution in [0.3, 0.4) is 0 Å². The minimum absolute atomic E-state index is 0.782. The summed E-state index contributed by atoms with van der Waals surface area (Å²) in [6.45, 7) is 3.42. The van der Waals surface area contributed by atoms with E-state index in [1.807, 2.05) is 0 Å². The van der Waals surface area contributed by atoms with Gasteiger partial charge in [0.05, 0.1) is 0 Å². The summed E-state index contributed by atoms with van der Waals surface area (Å²) in [5.41, 5.74) is 0. The summed E-state index contributed by atoms with van der Waals surface area (Å²) in [6.07, 6.45) is 6.65. The molecule has 2 heteroatoms. The van der Waals surface area contributed by atoms with Crippen LogP contribution in [0.4, 0.5) is 0 Å². The van der Waals surface area contributed by atoms with Crippen LogP contribution in [0.2, 0.25) is 0 Å². The van der Waals surface area contributed by atoms with E-state index in [1.54, 1.807) is 0 Å². The van der Waals surface area contributed by atoms with Crippen LogP contribution >= 0.6 is 0 Å². The lowest BCUT2D eigenvalue weighted by Gasteiger charge is -2.28. The molecule has 1 aliphatic rings. The van der Waals surface area contributed by atoms with E-state index >= 15 is 0 Å². The average molecular weight is 170 g/mol. The topological polar surface area (TPSA) is 24.1 Å². The zero-order valence-electron chi connectivity index (χ0n) is 8.40. The number of hydrogen-bond donors (Lipinski definition) is 2. The fraction of sp³-hybridized carbons (Fsp3) is 1.00. The monoisotopic (exact) mass is 170 g/mol. The Hall–Kier alpha value is -0.0800. The Morgan fingerprint density at radius 1 is 1.08 bits per heavy atom. The second kappa shape index (κ2) is 5.55. The van der Waals surface area contributed by atoms with E-state index in [9.17, 15) is 0 Å².